The van der Waals surface area contributed by atoms with E-state index in [9.17, 15) is 4.79 Å². The van der Waals surface area contributed by atoms with Gasteiger partial charge < -0.3 is 13.9 Å². The van der Waals surface area contributed by atoms with Gasteiger partial charge in [0.1, 0.15) is 17.9 Å². The summed E-state index contributed by atoms with van der Waals surface area (Å²) in [5, 5.41) is 4.44. The first-order valence-corrected chi connectivity index (χ1v) is 10.2. The molecule has 160 valence electrons. The Morgan fingerprint density at radius 2 is 1.72 bits per heavy atom. The van der Waals surface area contributed by atoms with E-state index in [0.29, 0.717) is 12.5 Å². The summed E-state index contributed by atoms with van der Waals surface area (Å²) >= 11 is 0. The van der Waals surface area contributed by atoms with E-state index in [0.717, 1.165) is 39.2 Å². The molecule has 8 heteroatoms. The second-order valence-electron chi connectivity index (χ2n) is 7.71. The maximum Gasteiger partial charge on any atom is 0.250 e. The lowest BCUT2D eigenvalue weighted by Crippen LogP contribution is -2.13. The van der Waals surface area contributed by atoms with Gasteiger partial charge in [0, 0.05) is 56.9 Å². The van der Waals surface area contributed by atoms with Crippen molar-refractivity contribution in [3.05, 3.63) is 83.0 Å². The lowest BCUT2D eigenvalue weighted by molar-refractivity contribution is 0.292. The van der Waals surface area contributed by atoms with E-state index in [-0.39, 0.29) is 5.56 Å². The highest BCUT2D eigenvalue weighted by molar-refractivity contribution is 5.76. The van der Waals surface area contributed by atoms with E-state index in [1.54, 1.807) is 40.8 Å². The van der Waals surface area contributed by atoms with Crippen LogP contribution in [0.1, 0.15) is 5.56 Å². The zero-order valence-electron chi connectivity index (χ0n) is 18.1. The Kier molecular flexibility index (Phi) is 4.82. The third kappa shape index (κ3) is 3.56. The zero-order chi connectivity index (χ0) is 22.2. The summed E-state index contributed by atoms with van der Waals surface area (Å²) in [6, 6.07) is 15.3. The van der Waals surface area contributed by atoms with Crippen molar-refractivity contribution < 1.29 is 4.74 Å². The molecule has 1 aromatic carbocycles. The summed E-state index contributed by atoms with van der Waals surface area (Å²) in [6.45, 7) is 0.375. The van der Waals surface area contributed by atoms with Gasteiger partial charge in [0.2, 0.25) is 11.4 Å². The van der Waals surface area contributed by atoms with E-state index in [4.69, 9.17) is 9.72 Å². The average molecular weight is 426 g/mol. The maximum absolute atomic E-state index is 11.7. The zero-order valence-corrected chi connectivity index (χ0v) is 18.1. The molecule has 8 nitrogen and oxygen atoms in total. The van der Waals surface area contributed by atoms with Gasteiger partial charge in [-0.25, -0.2) is 9.97 Å². The minimum atomic E-state index is -0.0587. The molecule has 5 rings (SSSR count). The molecule has 4 aromatic heterocycles. The van der Waals surface area contributed by atoms with Crippen LogP contribution in [-0.4, -0.2) is 28.9 Å². The minimum Gasteiger partial charge on any atom is -0.471 e. The maximum atomic E-state index is 11.7. The molecule has 4 heterocycles. The van der Waals surface area contributed by atoms with Crippen LogP contribution in [0.5, 0.6) is 5.88 Å². The Morgan fingerprint density at radius 1 is 0.938 bits per heavy atom. The molecule has 0 radical (unpaired) electrons. The van der Waals surface area contributed by atoms with E-state index in [1.807, 2.05) is 61.3 Å². The molecule has 0 atom stereocenters. The van der Waals surface area contributed by atoms with Crippen molar-refractivity contribution >= 4 is 11.2 Å². The summed E-state index contributed by atoms with van der Waals surface area (Å²) in [5.41, 5.74) is 5.42. The van der Waals surface area contributed by atoms with E-state index in [2.05, 4.69) is 10.1 Å². The standard InChI is InChI=1S/C24H22N6O2/c1-28-13-18(10-11-21(28)31)19-14-29(2)27-24(19)32-15-16-6-8-17(9-7-16)22-26-20-5-4-12-25-23(20)30(22)3/h4-14H,15H2,1-3H3. The van der Waals surface area contributed by atoms with Crippen LogP contribution < -0.4 is 10.3 Å². The van der Waals surface area contributed by atoms with Crippen LogP contribution in [0.3, 0.4) is 0 Å². The Hall–Kier alpha value is -4.20. The van der Waals surface area contributed by atoms with Crippen molar-refractivity contribution in [2.45, 2.75) is 6.61 Å². The van der Waals surface area contributed by atoms with Crippen molar-refractivity contribution in [3.8, 4) is 28.4 Å². The third-order valence-electron chi connectivity index (χ3n) is 5.41. The van der Waals surface area contributed by atoms with Crippen molar-refractivity contribution in [3.63, 3.8) is 0 Å². The number of hydrogen-bond acceptors (Lipinski definition) is 5. The van der Waals surface area contributed by atoms with Crippen molar-refractivity contribution in [2.75, 3.05) is 0 Å². The van der Waals surface area contributed by atoms with Gasteiger partial charge in [-0.2, -0.15) is 0 Å². The smallest absolute Gasteiger partial charge is 0.250 e. The van der Waals surface area contributed by atoms with Gasteiger partial charge in [0.15, 0.2) is 5.65 Å². The fraction of sp³-hybridized carbons (Fsp3) is 0.167. The number of pyridine rings is 2. The SMILES string of the molecule is Cn1cc(-c2ccc(=O)n(C)c2)c(OCc2ccc(-c3nc4cccnc4n3C)cc2)n1. The molecule has 0 spiro atoms. The topological polar surface area (TPSA) is 79.8 Å². The number of rotatable bonds is 5. The Morgan fingerprint density at radius 3 is 2.47 bits per heavy atom. The molecule has 0 aliphatic heterocycles. The van der Waals surface area contributed by atoms with Crippen LogP contribution in [0.4, 0.5) is 0 Å². The van der Waals surface area contributed by atoms with Crippen LogP contribution in [0.2, 0.25) is 0 Å². The van der Waals surface area contributed by atoms with Gasteiger partial charge >= 0.3 is 0 Å². The van der Waals surface area contributed by atoms with Gasteiger partial charge in [-0.15, -0.1) is 5.10 Å². The van der Waals surface area contributed by atoms with Gasteiger partial charge in [0.25, 0.3) is 0 Å². The molecule has 0 saturated carbocycles. The average Bonchev–Trinajstić information content (AvgIpc) is 3.34. The summed E-state index contributed by atoms with van der Waals surface area (Å²) in [5.74, 6) is 1.39. The summed E-state index contributed by atoms with van der Waals surface area (Å²) in [4.78, 5) is 20.8. The highest BCUT2D eigenvalue weighted by Crippen LogP contribution is 2.29. The Balaban J connectivity index is 1.36. The van der Waals surface area contributed by atoms with E-state index in [1.165, 1.54) is 0 Å². The number of benzene rings is 1. The predicted molar refractivity (Wildman–Crippen MR) is 122 cm³/mol. The molecule has 5 aromatic rings. The largest absolute Gasteiger partial charge is 0.471 e. The minimum absolute atomic E-state index is 0.0587. The lowest BCUT2D eigenvalue weighted by Gasteiger charge is -2.08. The molecule has 32 heavy (non-hydrogen) atoms. The molecule has 0 amide bonds. The number of hydrogen-bond donors (Lipinski definition) is 0. The first-order valence-electron chi connectivity index (χ1n) is 10.2. The normalized spacial score (nSPS) is 11.2. The van der Waals surface area contributed by atoms with Crippen LogP contribution >= 0.6 is 0 Å². The first kappa shape index (κ1) is 19.7. The molecule has 0 saturated heterocycles. The van der Waals surface area contributed by atoms with Crippen LogP contribution in [0, 0.1) is 0 Å². The van der Waals surface area contributed by atoms with E-state index < -0.39 is 0 Å². The molecule has 0 unspecified atom stereocenters. The highest BCUT2D eigenvalue weighted by Gasteiger charge is 2.13. The summed E-state index contributed by atoms with van der Waals surface area (Å²) in [6.07, 6.45) is 5.44. The molecule has 0 N–H and O–H groups in total. The molecule has 0 fully saturated rings. The lowest BCUT2D eigenvalue weighted by atomic mass is 10.1. The fourth-order valence-electron chi connectivity index (χ4n) is 3.71. The number of aryl methyl sites for hydroxylation is 3. The second kappa shape index (κ2) is 7.81. The van der Waals surface area contributed by atoms with Crippen molar-refractivity contribution in [1.82, 2.24) is 28.9 Å². The Labute approximate surface area is 184 Å². The number of fused-ring (bicyclic) bond motifs is 1. The van der Waals surface area contributed by atoms with Gasteiger partial charge in [0.05, 0.1) is 5.56 Å². The molecule has 0 aliphatic carbocycles. The van der Waals surface area contributed by atoms with Crippen LogP contribution in [0.25, 0.3) is 33.7 Å². The molecule has 0 bridgehead atoms. The number of aromatic nitrogens is 6. The summed E-state index contributed by atoms with van der Waals surface area (Å²) in [7, 11) is 5.54. The van der Waals surface area contributed by atoms with Gasteiger partial charge in [-0.1, -0.05) is 24.3 Å². The quantitative estimate of drug-likeness (QED) is 0.431. The predicted octanol–water partition coefficient (Wildman–Crippen LogP) is 3.31. The third-order valence-corrected chi connectivity index (χ3v) is 5.41. The van der Waals surface area contributed by atoms with Crippen LogP contribution in [-0.2, 0) is 27.7 Å². The first-order chi connectivity index (χ1) is 15.5. The van der Waals surface area contributed by atoms with Crippen molar-refractivity contribution in [1.29, 1.82) is 0 Å². The Bertz CT molecular complexity index is 1480. The van der Waals surface area contributed by atoms with Gasteiger partial charge in [-0.3, -0.25) is 9.48 Å². The highest BCUT2D eigenvalue weighted by atomic mass is 16.5. The van der Waals surface area contributed by atoms with Crippen molar-refractivity contribution in [2.24, 2.45) is 21.1 Å². The fourth-order valence-corrected chi connectivity index (χ4v) is 3.71. The van der Waals surface area contributed by atoms with E-state index >= 15 is 0 Å². The molecule has 0 aliphatic rings. The number of nitrogens with zero attached hydrogens (tertiary/aromatic N) is 6. The number of imidazole rings is 1. The summed E-state index contributed by atoms with van der Waals surface area (Å²) < 4.78 is 11.3. The van der Waals surface area contributed by atoms with Crippen LogP contribution in [0.15, 0.2) is 71.9 Å². The molecular weight excluding hydrogens is 404 g/mol. The number of ether oxygens (including phenoxy) is 1. The molecular formula is C24H22N6O2. The van der Waals surface area contributed by atoms with Gasteiger partial charge in [-0.05, 0) is 23.8 Å². The monoisotopic (exact) mass is 426 g/mol. The second-order valence-corrected chi connectivity index (χ2v) is 7.71.